The van der Waals surface area contributed by atoms with Gasteiger partial charge in [-0.1, -0.05) is 108 Å². The highest BCUT2D eigenvalue weighted by molar-refractivity contribution is 5.99. The van der Waals surface area contributed by atoms with Gasteiger partial charge in [-0.25, -0.2) is 0 Å². The Labute approximate surface area is 298 Å². The van der Waals surface area contributed by atoms with E-state index in [-0.39, 0.29) is 35.5 Å². The summed E-state index contributed by atoms with van der Waals surface area (Å²) in [6, 6.07) is 24.4. The fraction of sp³-hybridized carbons (Fsp3) is 0.463. The van der Waals surface area contributed by atoms with Gasteiger partial charge in [-0.3, -0.25) is 19.2 Å². The minimum Gasteiger partial charge on any atom is -0.350 e. The Morgan fingerprint density at radius 2 is 1.28 bits per heavy atom. The standard InChI is InChI=1S/C41H57N5O4/c1-7-22-46(23-8-2)41(50)33-21-15-20-32(25-33)38(47)44-36(24-30-16-11-9-12-17-30)35(42)26-34(28(3)4)39(48)45-37(29(5)6)40(49)43-27-31-18-13-10-14-19-31/h9-21,25,28-29,34-37H,7-8,22-24,26-27,42H2,1-6H3,(H,43,49)(H,44,47)(H,45,48)/t34-,35-,36-,37-/m0/s1. The molecule has 0 unspecified atom stereocenters. The van der Waals surface area contributed by atoms with E-state index in [2.05, 4.69) is 16.0 Å². The van der Waals surface area contributed by atoms with E-state index in [1.165, 1.54) is 0 Å². The van der Waals surface area contributed by atoms with Gasteiger partial charge in [-0.2, -0.15) is 0 Å². The Kier molecular flexibility index (Phi) is 16.2. The molecule has 0 heterocycles. The van der Waals surface area contributed by atoms with Crippen LogP contribution in [0.1, 0.15) is 92.6 Å². The molecule has 270 valence electrons. The number of carbonyl (C=O) groups is 4. The summed E-state index contributed by atoms with van der Waals surface area (Å²) in [5.41, 5.74) is 9.68. The zero-order chi connectivity index (χ0) is 36.6. The Morgan fingerprint density at radius 1 is 0.700 bits per heavy atom. The van der Waals surface area contributed by atoms with Crippen LogP contribution >= 0.6 is 0 Å². The molecule has 3 aromatic carbocycles. The lowest BCUT2D eigenvalue weighted by Crippen LogP contribution is -2.54. The van der Waals surface area contributed by atoms with Gasteiger partial charge in [0.2, 0.25) is 11.8 Å². The van der Waals surface area contributed by atoms with Crippen LogP contribution in [0.25, 0.3) is 0 Å². The molecule has 0 radical (unpaired) electrons. The van der Waals surface area contributed by atoms with E-state index in [1.807, 2.05) is 107 Å². The molecular formula is C41H57N5O4. The average molecular weight is 684 g/mol. The highest BCUT2D eigenvalue weighted by atomic mass is 16.2. The van der Waals surface area contributed by atoms with Crippen LogP contribution in [0.2, 0.25) is 0 Å². The first-order chi connectivity index (χ1) is 23.9. The Bertz CT molecular complexity index is 1510. The molecule has 0 aliphatic rings. The predicted molar refractivity (Wildman–Crippen MR) is 200 cm³/mol. The third kappa shape index (κ3) is 12.1. The lowest BCUT2D eigenvalue weighted by molar-refractivity contribution is -0.133. The summed E-state index contributed by atoms with van der Waals surface area (Å²) >= 11 is 0. The molecule has 3 rings (SSSR count). The summed E-state index contributed by atoms with van der Waals surface area (Å²) in [6.07, 6.45) is 2.44. The van der Waals surface area contributed by atoms with Crippen molar-refractivity contribution in [1.29, 1.82) is 0 Å². The molecule has 0 fully saturated rings. The van der Waals surface area contributed by atoms with Gasteiger partial charge in [-0.15, -0.1) is 0 Å². The van der Waals surface area contributed by atoms with Crippen molar-refractivity contribution < 1.29 is 19.2 Å². The fourth-order valence-electron chi connectivity index (χ4n) is 6.09. The summed E-state index contributed by atoms with van der Waals surface area (Å²) in [5.74, 6) is -1.65. The zero-order valence-electron chi connectivity index (χ0n) is 30.7. The highest BCUT2D eigenvalue weighted by Gasteiger charge is 2.33. The van der Waals surface area contributed by atoms with Crippen LogP contribution in [-0.2, 0) is 22.6 Å². The second kappa shape index (κ2) is 20.2. The minimum atomic E-state index is -0.718. The van der Waals surface area contributed by atoms with Crippen LogP contribution in [0, 0.1) is 17.8 Å². The maximum absolute atomic E-state index is 13.8. The van der Waals surface area contributed by atoms with Crippen molar-refractivity contribution in [2.24, 2.45) is 23.5 Å². The second-order valence-electron chi connectivity index (χ2n) is 13.8. The van der Waals surface area contributed by atoms with Crippen LogP contribution in [0.4, 0.5) is 0 Å². The van der Waals surface area contributed by atoms with Crippen molar-refractivity contribution in [2.45, 2.75) is 91.9 Å². The predicted octanol–water partition coefficient (Wildman–Crippen LogP) is 5.74. The van der Waals surface area contributed by atoms with Gasteiger partial charge in [0.15, 0.2) is 0 Å². The van der Waals surface area contributed by atoms with Gasteiger partial charge in [0.25, 0.3) is 11.8 Å². The molecule has 9 heteroatoms. The summed E-state index contributed by atoms with van der Waals surface area (Å²) < 4.78 is 0. The number of rotatable bonds is 19. The smallest absolute Gasteiger partial charge is 0.253 e. The van der Waals surface area contributed by atoms with E-state index in [0.717, 1.165) is 24.0 Å². The number of amides is 4. The summed E-state index contributed by atoms with van der Waals surface area (Å²) in [5, 5.41) is 9.10. The molecule has 0 aliphatic heterocycles. The highest BCUT2D eigenvalue weighted by Crippen LogP contribution is 2.21. The van der Waals surface area contributed by atoms with E-state index < -0.39 is 24.0 Å². The van der Waals surface area contributed by atoms with E-state index in [0.29, 0.717) is 43.6 Å². The maximum atomic E-state index is 13.8. The summed E-state index contributed by atoms with van der Waals surface area (Å²) in [4.78, 5) is 55.9. The van der Waals surface area contributed by atoms with Crippen LogP contribution in [0.3, 0.4) is 0 Å². The largest absolute Gasteiger partial charge is 0.350 e. The lowest BCUT2D eigenvalue weighted by Gasteiger charge is -2.31. The molecule has 4 amide bonds. The molecule has 0 saturated heterocycles. The van der Waals surface area contributed by atoms with Crippen LogP contribution in [0.5, 0.6) is 0 Å². The van der Waals surface area contributed by atoms with Gasteiger partial charge < -0.3 is 26.6 Å². The van der Waals surface area contributed by atoms with Crippen LogP contribution in [0.15, 0.2) is 84.9 Å². The zero-order valence-corrected chi connectivity index (χ0v) is 30.7. The van der Waals surface area contributed by atoms with Crippen molar-refractivity contribution in [1.82, 2.24) is 20.9 Å². The van der Waals surface area contributed by atoms with E-state index >= 15 is 0 Å². The molecule has 0 aliphatic carbocycles. The number of benzene rings is 3. The number of nitrogens with one attached hydrogen (secondary N) is 3. The van der Waals surface area contributed by atoms with E-state index in [4.69, 9.17) is 5.73 Å². The monoisotopic (exact) mass is 683 g/mol. The number of carbonyl (C=O) groups excluding carboxylic acids is 4. The molecule has 0 spiro atoms. The van der Waals surface area contributed by atoms with Crippen LogP contribution in [-0.4, -0.2) is 59.7 Å². The number of hydrogen-bond acceptors (Lipinski definition) is 5. The Hall–Kier alpha value is -4.50. The minimum absolute atomic E-state index is 0.0776. The van der Waals surface area contributed by atoms with Crippen molar-refractivity contribution in [2.75, 3.05) is 13.1 Å². The summed E-state index contributed by atoms with van der Waals surface area (Å²) in [6.45, 7) is 13.5. The molecule has 9 nitrogen and oxygen atoms in total. The molecule has 0 bridgehead atoms. The third-order valence-electron chi connectivity index (χ3n) is 9.00. The topological polar surface area (TPSA) is 134 Å². The van der Waals surface area contributed by atoms with Crippen LogP contribution < -0.4 is 21.7 Å². The number of nitrogens with two attached hydrogens (primary N) is 1. The molecule has 50 heavy (non-hydrogen) atoms. The van der Waals surface area contributed by atoms with Crippen molar-refractivity contribution >= 4 is 23.6 Å². The maximum Gasteiger partial charge on any atom is 0.253 e. The van der Waals surface area contributed by atoms with Crippen molar-refractivity contribution in [3.8, 4) is 0 Å². The SMILES string of the molecule is CCCN(CCC)C(=O)c1cccc(C(=O)N[C@@H](Cc2ccccc2)[C@@H](N)C[C@H](C(=O)N[C@H](C(=O)NCc2ccccc2)C(C)C)C(C)C)c1. The molecule has 0 aromatic heterocycles. The number of hydrogen-bond donors (Lipinski definition) is 4. The third-order valence-corrected chi connectivity index (χ3v) is 9.00. The first-order valence-electron chi connectivity index (χ1n) is 18.1. The first kappa shape index (κ1) is 39.9. The van der Waals surface area contributed by atoms with Gasteiger partial charge in [-0.05, 0) is 66.8 Å². The molecule has 5 N–H and O–H groups in total. The normalized spacial score (nSPS) is 13.6. The van der Waals surface area contributed by atoms with E-state index in [9.17, 15) is 19.2 Å². The molecule has 4 atom stereocenters. The van der Waals surface area contributed by atoms with Gasteiger partial charge in [0, 0.05) is 48.8 Å². The summed E-state index contributed by atoms with van der Waals surface area (Å²) in [7, 11) is 0. The molecule has 3 aromatic rings. The van der Waals surface area contributed by atoms with Crippen molar-refractivity contribution in [3.05, 3.63) is 107 Å². The number of nitrogens with zero attached hydrogens (tertiary/aromatic N) is 1. The Balaban J connectivity index is 1.78. The first-order valence-corrected chi connectivity index (χ1v) is 18.1. The fourth-order valence-corrected chi connectivity index (χ4v) is 6.09. The van der Waals surface area contributed by atoms with Crippen molar-refractivity contribution in [3.63, 3.8) is 0 Å². The van der Waals surface area contributed by atoms with Gasteiger partial charge in [0.1, 0.15) is 6.04 Å². The molecular weight excluding hydrogens is 626 g/mol. The Morgan fingerprint density at radius 3 is 1.84 bits per heavy atom. The molecule has 0 saturated carbocycles. The average Bonchev–Trinajstić information content (AvgIpc) is 3.11. The van der Waals surface area contributed by atoms with Gasteiger partial charge in [0.05, 0.1) is 0 Å². The second-order valence-corrected chi connectivity index (χ2v) is 13.8. The quantitative estimate of drug-likeness (QED) is 0.128. The van der Waals surface area contributed by atoms with E-state index in [1.54, 1.807) is 24.3 Å². The van der Waals surface area contributed by atoms with Gasteiger partial charge >= 0.3 is 0 Å². The lowest BCUT2D eigenvalue weighted by atomic mass is 9.84.